The van der Waals surface area contributed by atoms with Crippen LogP contribution in [0.4, 0.5) is 17.1 Å². The molecule has 0 bridgehead atoms. The van der Waals surface area contributed by atoms with Crippen LogP contribution in [0.5, 0.6) is 0 Å². The van der Waals surface area contributed by atoms with Crippen LogP contribution in [0, 0.1) is 0 Å². The van der Waals surface area contributed by atoms with Gasteiger partial charge in [-0.2, -0.15) is 10.2 Å². The number of hydrogen-bond donors (Lipinski definition) is 2. The third-order valence-corrected chi connectivity index (χ3v) is 4.12. The molecule has 2 N–H and O–H groups in total. The third-order valence-electron chi connectivity index (χ3n) is 3.63. The van der Waals surface area contributed by atoms with Crippen molar-refractivity contribution in [2.75, 3.05) is 5.32 Å². The van der Waals surface area contributed by atoms with E-state index < -0.39 is 11.9 Å². The number of carbonyl (C=O) groups excluding carboxylic acids is 1. The van der Waals surface area contributed by atoms with E-state index in [1.807, 2.05) is 30.3 Å². The molecule has 6 nitrogen and oxygen atoms in total. The van der Waals surface area contributed by atoms with Crippen molar-refractivity contribution in [3.05, 3.63) is 88.4 Å². The van der Waals surface area contributed by atoms with Gasteiger partial charge >= 0.3 is 5.97 Å². The molecular formula is C20H14BrN3O3. The Labute approximate surface area is 163 Å². The van der Waals surface area contributed by atoms with E-state index in [0.29, 0.717) is 15.7 Å². The van der Waals surface area contributed by atoms with E-state index in [1.54, 1.807) is 30.3 Å². The van der Waals surface area contributed by atoms with Crippen LogP contribution in [0.3, 0.4) is 0 Å². The van der Waals surface area contributed by atoms with E-state index in [-0.39, 0.29) is 11.3 Å². The second-order valence-electron chi connectivity index (χ2n) is 5.53. The summed E-state index contributed by atoms with van der Waals surface area (Å²) >= 11 is 3.22. The highest BCUT2D eigenvalue weighted by molar-refractivity contribution is 9.10. The number of azo groups is 1. The number of carbonyl (C=O) groups is 2. The molecule has 7 heteroatoms. The molecule has 1 amide bonds. The number of anilines is 1. The lowest BCUT2D eigenvalue weighted by Gasteiger charge is -2.09. The summed E-state index contributed by atoms with van der Waals surface area (Å²) in [6.07, 6.45) is 0. The third kappa shape index (κ3) is 4.86. The van der Waals surface area contributed by atoms with Crippen LogP contribution in [-0.4, -0.2) is 17.0 Å². The predicted octanol–water partition coefficient (Wildman–Crippen LogP) is 5.82. The molecule has 3 aromatic carbocycles. The van der Waals surface area contributed by atoms with Crippen molar-refractivity contribution in [1.29, 1.82) is 0 Å². The lowest BCUT2D eigenvalue weighted by molar-refractivity contribution is 0.0698. The van der Waals surface area contributed by atoms with E-state index >= 15 is 0 Å². The standard InChI is InChI=1S/C20H14BrN3O3/c21-14-8-11-18(17(12-14)20(26)27)22-19(25)13-6-9-16(10-7-13)24-23-15-4-2-1-3-5-15/h1-12H,(H,22,25)(H,26,27). The highest BCUT2D eigenvalue weighted by atomic mass is 79.9. The first-order chi connectivity index (χ1) is 13.0. The molecule has 0 spiro atoms. The van der Waals surface area contributed by atoms with Crippen molar-refractivity contribution >= 4 is 44.9 Å². The minimum atomic E-state index is -1.12. The van der Waals surface area contributed by atoms with Crippen LogP contribution >= 0.6 is 15.9 Å². The summed E-state index contributed by atoms with van der Waals surface area (Å²) in [5.74, 6) is -1.53. The number of benzene rings is 3. The van der Waals surface area contributed by atoms with Crippen molar-refractivity contribution in [2.45, 2.75) is 0 Å². The molecule has 0 aliphatic heterocycles. The van der Waals surface area contributed by atoms with E-state index in [2.05, 4.69) is 31.5 Å². The van der Waals surface area contributed by atoms with Gasteiger partial charge in [-0.3, -0.25) is 4.79 Å². The van der Waals surface area contributed by atoms with Crippen LogP contribution in [0.2, 0.25) is 0 Å². The normalized spacial score (nSPS) is 10.7. The van der Waals surface area contributed by atoms with Crippen molar-refractivity contribution in [1.82, 2.24) is 0 Å². The van der Waals surface area contributed by atoms with E-state index in [4.69, 9.17) is 0 Å². The lowest BCUT2D eigenvalue weighted by atomic mass is 10.1. The second kappa shape index (κ2) is 8.37. The molecule has 0 unspecified atom stereocenters. The maximum Gasteiger partial charge on any atom is 0.337 e. The van der Waals surface area contributed by atoms with Crippen molar-refractivity contribution < 1.29 is 14.7 Å². The minimum Gasteiger partial charge on any atom is -0.478 e. The van der Waals surface area contributed by atoms with Crippen LogP contribution < -0.4 is 5.32 Å². The average molecular weight is 424 g/mol. The number of halogens is 1. The molecule has 0 fully saturated rings. The maximum absolute atomic E-state index is 12.4. The first-order valence-corrected chi connectivity index (χ1v) is 8.73. The number of nitrogens with one attached hydrogen (secondary N) is 1. The topological polar surface area (TPSA) is 91.1 Å². The predicted molar refractivity (Wildman–Crippen MR) is 106 cm³/mol. The minimum absolute atomic E-state index is 0.00556. The number of amides is 1. The number of carboxylic acids is 1. The van der Waals surface area contributed by atoms with Gasteiger partial charge < -0.3 is 10.4 Å². The monoisotopic (exact) mass is 423 g/mol. The van der Waals surface area contributed by atoms with Gasteiger partial charge in [0.15, 0.2) is 0 Å². The summed E-state index contributed by atoms with van der Waals surface area (Å²) in [5.41, 5.74) is 1.95. The van der Waals surface area contributed by atoms with E-state index in [9.17, 15) is 14.7 Å². The fourth-order valence-corrected chi connectivity index (χ4v) is 2.65. The Morgan fingerprint density at radius 1 is 0.852 bits per heavy atom. The molecule has 0 atom stereocenters. The van der Waals surface area contributed by atoms with E-state index in [0.717, 1.165) is 5.69 Å². The van der Waals surface area contributed by atoms with E-state index in [1.165, 1.54) is 12.1 Å². The van der Waals surface area contributed by atoms with Crippen LogP contribution in [0.25, 0.3) is 0 Å². The van der Waals surface area contributed by atoms with Gasteiger partial charge in [-0.05, 0) is 54.6 Å². The molecule has 3 rings (SSSR count). The molecule has 27 heavy (non-hydrogen) atoms. The summed E-state index contributed by atoms with van der Waals surface area (Å²) in [5, 5.41) is 20.1. The molecule has 0 heterocycles. The SMILES string of the molecule is O=C(Nc1ccc(Br)cc1C(=O)O)c1ccc(N=Nc2ccccc2)cc1. The number of rotatable bonds is 5. The van der Waals surface area contributed by atoms with Gasteiger partial charge in [0, 0.05) is 10.0 Å². The molecule has 0 aliphatic rings. The number of hydrogen-bond acceptors (Lipinski definition) is 4. The van der Waals surface area contributed by atoms with Crippen molar-refractivity contribution in [3.63, 3.8) is 0 Å². The smallest absolute Gasteiger partial charge is 0.337 e. The summed E-state index contributed by atoms with van der Waals surface area (Å²) < 4.78 is 0.617. The molecule has 0 aliphatic carbocycles. The first kappa shape index (κ1) is 18.5. The Morgan fingerprint density at radius 2 is 1.48 bits per heavy atom. The second-order valence-corrected chi connectivity index (χ2v) is 6.45. The van der Waals surface area contributed by atoms with Gasteiger partial charge in [0.2, 0.25) is 0 Å². The Balaban J connectivity index is 1.73. The van der Waals surface area contributed by atoms with Crippen molar-refractivity contribution in [3.8, 4) is 0 Å². The quantitative estimate of drug-likeness (QED) is 0.506. The van der Waals surface area contributed by atoms with Crippen LogP contribution in [0.1, 0.15) is 20.7 Å². The summed E-state index contributed by atoms with van der Waals surface area (Å²) in [6, 6.07) is 20.5. The highest BCUT2D eigenvalue weighted by Gasteiger charge is 2.14. The highest BCUT2D eigenvalue weighted by Crippen LogP contribution is 2.23. The number of carboxylic acid groups (broad SMARTS) is 1. The largest absolute Gasteiger partial charge is 0.478 e. The molecular weight excluding hydrogens is 410 g/mol. The van der Waals surface area contributed by atoms with Crippen molar-refractivity contribution in [2.24, 2.45) is 10.2 Å². The molecule has 0 radical (unpaired) electrons. The van der Waals surface area contributed by atoms with Crippen LogP contribution in [0.15, 0.2) is 87.5 Å². The molecule has 3 aromatic rings. The zero-order valence-corrected chi connectivity index (χ0v) is 15.6. The van der Waals surface area contributed by atoms with Gasteiger partial charge in [-0.15, -0.1) is 0 Å². The molecule has 134 valence electrons. The van der Waals surface area contributed by atoms with Gasteiger partial charge in [0.1, 0.15) is 0 Å². The van der Waals surface area contributed by atoms with Crippen LogP contribution in [-0.2, 0) is 0 Å². The Bertz CT molecular complexity index is 1000. The zero-order valence-electron chi connectivity index (χ0n) is 14.0. The maximum atomic E-state index is 12.4. The first-order valence-electron chi connectivity index (χ1n) is 7.94. The van der Waals surface area contributed by atoms with Gasteiger partial charge in [0.05, 0.1) is 22.6 Å². The number of nitrogens with zero attached hydrogens (tertiary/aromatic N) is 2. The Morgan fingerprint density at radius 3 is 2.11 bits per heavy atom. The van der Waals surface area contributed by atoms with Gasteiger partial charge in [-0.1, -0.05) is 34.1 Å². The summed E-state index contributed by atoms with van der Waals surface area (Å²) in [4.78, 5) is 23.7. The molecule has 0 saturated heterocycles. The molecule has 0 saturated carbocycles. The van der Waals surface area contributed by atoms with Gasteiger partial charge in [0.25, 0.3) is 5.91 Å². The Hall–Kier alpha value is -3.32. The summed E-state index contributed by atoms with van der Waals surface area (Å²) in [6.45, 7) is 0. The number of aromatic carboxylic acids is 1. The molecule has 0 aromatic heterocycles. The Kier molecular flexibility index (Phi) is 5.73. The average Bonchev–Trinajstić information content (AvgIpc) is 2.68. The summed E-state index contributed by atoms with van der Waals surface area (Å²) in [7, 11) is 0. The lowest BCUT2D eigenvalue weighted by Crippen LogP contribution is -2.14. The zero-order chi connectivity index (χ0) is 19.2. The fourth-order valence-electron chi connectivity index (χ4n) is 2.29. The van der Waals surface area contributed by atoms with Gasteiger partial charge in [-0.25, -0.2) is 4.79 Å². The fraction of sp³-hybridized carbons (Fsp3) is 0.